The van der Waals surface area contributed by atoms with E-state index in [0.717, 1.165) is 11.1 Å². The predicted molar refractivity (Wildman–Crippen MR) is 83.2 cm³/mol. The van der Waals surface area contributed by atoms with Crippen molar-refractivity contribution in [2.45, 2.75) is 13.3 Å². The lowest BCUT2D eigenvalue weighted by Crippen LogP contribution is -2.06. The molecule has 7 nitrogen and oxygen atoms in total. The highest BCUT2D eigenvalue weighted by atomic mass is 16.5. The minimum absolute atomic E-state index is 0.128. The van der Waals surface area contributed by atoms with Gasteiger partial charge in [-0.3, -0.25) is 4.79 Å². The summed E-state index contributed by atoms with van der Waals surface area (Å²) in [6.45, 7) is 1.46. The van der Waals surface area contributed by atoms with Crippen LogP contribution in [0.2, 0.25) is 0 Å². The molecular weight excluding hydrogens is 284 g/mol. The third kappa shape index (κ3) is 3.08. The Bertz CT molecular complexity index is 691. The number of carbonyl (C=O) groups excluding carboxylic acids is 1. The van der Waals surface area contributed by atoms with Crippen LogP contribution in [0.3, 0.4) is 0 Å². The first-order valence-corrected chi connectivity index (χ1v) is 6.59. The summed E-state index contributed by atoms with van der Waals surface area (Å²) >= 11 is 0. The van der Waals surface area contributed by atoms with Crippen LogP contribution < -0.4 is 20.9 Å². The highest BCUT2D eigenvalue weighted by Crippen LogP contribution is 2.32. The van der Waals surface area contributed by atoms with E-state index in [1.165, 1.54) is 21.1 Å². The van der Waals surface area contributed by atoms with Crippen LogP contribution in [0, 0.1) is 0 Å². The van der Waals surface area contributed by atoms with Gasteiger partial charge in [0.2, 0.25) is 5.95 Å². The van der Waals surface area contributed by atoms with E-state index in [1.807, 2.05) is 0 Å². The second-order valence-electron chi connectivity index (χ2n) is 4.75. The summed E-state index contributed by atoms with van der Waals surface area (Å²) in [6.07, 6.45) is 2.05. The Morgan fingerprint density at radius 1 is 1.18 bits per heavy atom. The van der Waals surface area contributed by atoms with Crippen molar-refractivity contribution in [2.24, 2.45) is 0 Å². The number of carbonyl (C=O) groups is 1. The molecule has 1 aromatic heterocycles. The molecule has 0 atom stereocenters. The van der Waals surface area contributed by atoms with Gasteiger partial charge in [0, 0.05) is 18.2 Å². The topological polar surface area (TPSA) is 113 Å². The summed E-state index contributed by atoms with van der Waals surface area (Å²) in [7, 11) is 3.01. The number of methoxy groups -OCH3 is 2. The summed E-state index contributed by atoms with van der Waals surface area (Å²) in [5, 5.41) is 0. The van der Waals surface area contributed by atoms with Crippen LogP contribution in [0.4, 0.5) is 11.8 Å². The monoisotopic (exact) mass is 302 g/mol. The highest BCUT2D eigenvalue weighted by molar-refractivity contribution is 5.99. The average molecular weight is 302 g/mol. The zero-order chi connectivity index (χ0) is 16.3. The fourth-order valence-corrected chi connectivity index (χ4v) is 2.21. The Kier molecular flexibility index (Phi) is 4.45. The van der Waals surface area contributed by atoms with Crippen LogP contribution in [0.15, 0.2) is 18.3 Å². The number of nitrogens with zero attached hydrogens (tertiary/aromatic N) is 2. The zero-order valence-electron chi connectivity index (χ0n) is 12.7. The van der Waals surface area contributed by atoms with Gasteiger partial charge in [0.15, 0.2) is 5.78 Å². The Balaban J connectivity index is 2.46. The molecule has 7 heteroatoms. The number of ketones is 1. The molecule has 1 heterocycles. The first-order valence-electron chi connectivity index (χ1n) is 6.59. The molecule has 0 unspecified atom stereocenters. The van der Waals surface area contributed by atoms with Crippen LogP contribution in [0.25, 0.3) is 0 Å². The van der Waals surface area contributed by atoms with E-state index in [9.17, 15) is 4.79 Å². The van der Waals surface area contributed by atoms with Gasteiger partial charge in [0.25, 0.3) is 0 Å². The maximum Gasteiger partial charge on any atom is 0.221 e. The molecule has 0 amide bonds. The van der Waals surface area contributed by atoms with Gasteiger partial charge in [-0.1, -0.05) is 0 Å². The van der Waals surface area contributed by atoms with Crippen molar-refractivity contribution in [3.63, 3.8) is 0 Å². The fourth-order valence-electron chi connectivity index (χ4n) is 2.21. The smallest absolute Gasteiger partial charge is 0.221 e. The van der Waals surface area contributed by atoms with Gasteiger partial charge in [-0.05, 0) is 24.6 Å². The number of anilines is 2. The lowest BCUT2D eigenvalue weighted by molar-refractivity contribution is 0.101. The molecule has 0 spiro atoms. The molecule has 0 aliphatic carbocycles. The van der Waals surface area contributed by atoms with Crippen LogP contribution in [0.1, 0.15) is 28.4 Å². The Hall–Kier alpha value is -2.83. The van der Waals surface area contributed by atoms with E-state index < -0.39 is 0 Å². The molecule has 0 aliphatic heterocycles. The first kappa shape index (κ1) is 15.6. The molecule has 0 bridgehead atoms. The Morgan fingerprint density at radius 2 is 1.77 bits per heavy atom. The van der Waals surface area contributed by atoms with Gasteiger partial charge >= 0.3 is 0 Å². The van der Waals surface area contributed by atoms with Gasteiger partial charge < -0.3 is 20.9 Å². The molecular formula is C15H18N4O3. The standard InChI is InChI=1S/C15H18N4O3/c1-8(20)13-11(21-2)5-9(6-12(13)22-3)4-10-7-18-15(17)19-14(10)16/h5-7H,4H2,1-3H3,(H4,16,17,18,19). The van der Waals surface area contributed by atoms with Crippen molar-refractivity contribution in [3.8, 4) is 11.5 Å². The molecule has 0 radical (unpaired) electrons. The zero-order valence-corrected chi connectivity index (χ0v) is 12.7. The molecule has 2 aromatic rings. The molecule has 22 heavy (non-hydrogen) atoms. The van der Waals surface area contributed by atoms with Crippen molar-refractivity contribution in [1.29, 1.82) is 0 Å². The summed E-state index contributed by atoms with van der Waals surface area (Å²) in [6, 6.07) is 3.55. The number of ether oxygens (including phenoxy) is 2. The number of rotatable bonds is 5. The normalized spacial score (nSPS) is 10.3. The summed E-state index contributed by atoms with van der Waals surface area (Å²) in [5.74, 6) is 1.23. The molecule has 0 saturated heterocycles. The van der Waals surface area contributed by atoms with Crippen molar-refractivity contribution in [2.75, 3.05) is 25.7 Å². The summed E-state index contributed by atoms with van der Waals surface area (Å²) in [5.41, 5.74) is 13.3. The van der Waals surface area contributed by atoms with Gasteiger partial charge in [-0.25, -0.2) is 4.98 Å². The third-order valence-electron chi connectivity index (χ3n) is 3.23. The number of hydrogen-bond donors (Lipinski definition) is 2. The average Bonchev–Trinajstić information content (AvgIpc) is 2.48. The Labute approximate surface area is 128 Å². The van der Waals surface area contributed by atoms with Crippen molar-refractivity contribution in [3.05, 3.63) is 35.0 Å². The quantitative estimate of drug-likeness (QED) is 0.803. The number of benzene rings is 1. The van der Waals surface area contributed by atoms with E-state index in [4.69, 9.17) is 20.9 Å². The predicted octanol–water partition coefficient (Wildman–Crippen LogP) is 1.45. The number of hydrogen-bond acceptors (Lipinski definition) is 7. The molecule has 4 N–H and O–H groups in total. The number of Topliss-reactive ketones (excluding diaryl/α,β-unsaturated/α-hetero) is 1. The van der Waals surface area contributed by atoms with E-state index in [-0.39, 0.29) is 11.7 Å². The largest absolute Gasteiger partial charge is 0.496 e. The molecule has 2 rings (SSSR count). The number of aromatic nitrogens is 2. The minimum atomic E-state index is -0.129. The maximum absolute atomic E-state index is 11.8. The van der Waals surface area contributed by atoms with E-state index in [0.29, 0.717) is 29.3 Å². The Morgan fingerprint density at radius 3 is 2.23 bits per heavy atom. The second kappa shape index (κ2) is 6.30. The van der Waals surface area contributed by atoms with Gasteiger partial charge in [0.05, 0.1) is 14.2 Å². The van der Waals surface area contributed by atoms with Gasteiger partial charge in [0.1, 0.15) is 22.9 Å². The second-order valence-corrected chi connectivity index (χ2v) is 4.75. The highest BCUT2D eigenvalue weighted by Gasteiger charge is 2.17. The van der Waals surface area contributed by atoms with E-state index in [2.05, 4.69) is 9.97 Å². The molecule has 116 valence electrons. The van der Waals surface area contributed by atoms with Crippen LogP contribution in [0.5, 0.6) is 11.5 Å². The third-order valence-corrected chi connectivity index (χ3v) is 3.23. The molecule has 0 fully saturated rings. The summed E-state index contributed by atoms with van der Waals surface area (Å²) in [4.78, 5) is 19.6. The first-order chi connectivity index (χ1) is 10.5. The minimum Gasteiger partial charge on any atom is -0.496 e. The summed E-state index contributed by atoms with van der Waals surface area (Å²) < 4.78 is 10.6. The lowest BCUT2D eigenvalue weighted by Gasteiger charge is -2.14. The van der Waals surface area contributed by atoms with Crippen molar-refractivity contribution >= 4 is 17.5 Å². The van der Waals surface area contributed by atoms with Crippen LogP contribution in [-0.4, -0.2) is 30.0 Å². The molecule has 0 saturated carbocycles. The SMILES string of the molecule is COc1cc(Cc2cnc(N)nc2N)cc(OC)c1C(C)=O. The maximum atomic E-state index is 11.8. The van der Waals surface area contributed by atoms with E-state index in [1.54, 1.807) is 18.3 Å². The van der Waals surface area contributed by atoms with Crippen LogP contribution in [-0.2, 0) is 6.42 Å². The van der Waals surface area contributed by atoms with E-state index >= 15 is 0 Å². The molecule has 0 aliphatic rings. The van der Waals surface area contributed by atoms with Crippen molar-refractivity contribution < 1.29 is 14.3 Å². The van der Waals surface area contributed by atoms with Crippen LogP contribution >= 0.6 is 0 Å². The lowest BCUT2D eigenvalue weighted by atomic mass is 10.0. The van der Waals surface area contributed by atoms with Gasteiger partial charge in [-0.2, -0.15) is 4.98 Å². The fraction of sp³-hybridized carbons (Fsp3) is 0.267. The molecule has 1 aromatic carbocycles. The number of nitrogen functional groups attached to an aromatic ring is 2. The van der Waals surface area contributed by atoms with Crippen molar-refractivity contribution in [1.82, 2.24) is 9.97 Å². The van der Waals surface area contributed by atoms with Gasteiger partial charge in [-0.15, -0.1) is 0 Å². The number of nitrogens with two attached hydrogens (primary N) is 2.